The smallest absolute Gasteiger partial charge is 0.331 e. The summed E-state index contributed by atoms with van der Waals surface area (Å²) in [6.07, 6.45) is 2.33. The molecule has 0 radical (unpaired) electrons. The van der Waals surface area contributed by atoms with Crippen LogP contribution >= 0.6 is 0 Å². The number of hydrogen-bond donors (Lipinski definition) is 0. The minimum atomic E-state index is -0.682. The summed E-state index contributed by atoms with van der Waals surface area (Å²) in [6, 6.07) is 6.60. The van der Waals surface area contributed by atoms with Crippen LogP contribution in [0.2, 0.25) is 0 Å². The molecular weight excluding hydrogens is 304 g/mol. The minimum absolute atomic E-state index is 0.0437. The zero-order valence-corrected chi connectivity index (χ0v) is 12.9. The van der Waals surface area contributed by atoms with E-state index in [0.29, 0.717) is 17.9 Å². The van der Waals surface area contributed by atoms with E-state index >= 15 is 0 Å². The number of hydrogen-bond acceptors (Lipinski definition) is 7. The number of esters is 3. The van der Waals surface area contributed by atoms with Crippen LogP contribution in [0.4, 0.5) is 0 Å². The Morgan fingerprint density at radius 1 is 0.957 bits per heavy atom. The van der Waals surface area contributed by atoms with Crippen molar-refractivity contribution in [1.29, 1.82) is 0 Å². The molecule has 0 unspecified atom stereocenters. The van der Waals surface area contributed by atoms with Crippen molar-refractivity contribution in [3.05, 3.63) is 36.4 Å². The first-order valence-electron chi connectivity index (χ1n) is 6.82. The molecule has 0 aliphatic heterocycles. The van der Waals surface area contributed by atoms with Gasteiger partial charge in [-0.1, -0.05) is 0 Å². The minimum Gasteiger partial charge on any atom is -0.497 e. The van der Waals surface area contributed by atoms with Crippen LogP contribution in [0.25, 0.3) is 0 Å². The van der Waals surface area contributed by atoms with Crippen LogP contribution < -0.4 is 9.47 Å². The SMILES string of the molecule is COC(=O)/C=C/C(=O)OCCCC(=O)Oc1ccc(OC)cc1. The predicted molar refractivity (Wildman–Crippen MR) is 80.0 cm³/mol. The lowest BCUT2D eigenvalue weighted by atomic mass is 10.3. The van der Waals surface area contributed by atoms with Crippen molar-refractivity contribution in [2.45, 2.75) is 12.8 Å². The molecule has 7 heteroatoms. The highest BCUT2D eigenvalue weighted by molar-refractivity contribution is 5.91. The van der Waals surface area contributed by atoms with E-state index in [4.69, 9.17) is 14.2 Å². The van der Waals surface area contributed by atoms with Crippen LogP contribution in [0.15, 0.2) is 36.4 Å². The van der Waals surface area contributed by atoms with Gasteiger partial charge in [0.2, 0.25) is 0 Å². The molecule has 23 heavy (non-hydrogen) atoms. The summed E-state index contributed by atoms with van der Waals surface area (Å²) in [6.45, 7) is 0.0437. The summed E-state index contributed by atoms with van der Waals surface area (Å²) in [4.78, 5) is 33.6. The molecule has 0 saturated heterocycles. The van der Waals surface area contributed by atoms with Crippen LogP contribution in [-0.4, -0.2) is 38.7 Å². The second-order valence-electron chi connectivity index (χ2n) is 4.28. The van der Waals surface area contributed by atoms with Crippen molar-refractivity contribution in [1.82, 2.24) is 0 Å². The fourth-order valence-corrected chi connectivity index (χ4v) is 1.47. The highest BCUT2D eigenvalue weighted by Gasteiger charge is 2.06. The lowest BCUT2D eigenvalue weighted by Gasteiger charge is -2.05. The van der Waals surface area contributed by atoms with E-state index in [9.17, 15) is 14.4 Å². The standard InChI is InChI=1S/C16H18O7/c1-20-12-5-7-13(8-6-12)23-16(19)4-3-11-22-15(18)10-9-14(17)21-2/h5-10H,3-4,11H2,1-2H3/b10-9+. The van der Waals surface area contributed by atoms with Gasteiger partial charge in [0.25, 0.3) is 0 Å². The largest absolute Gasteiger partial charge is 0.497 e. The van der Waals surface area contributed by atoms with Crippen molar-refractivity contribution in [2.24, 2.45) is 0 Å². The third-order valence-corrected chi connectivity index (χ3v) is 2.62. The molecule has 0 atom stereocenters. The highest BCUT2D eigenvalue weighted by Crippen LogP contribution is 2.17. The maximum absolute atomic E-state index is 11.6. The van der Waals surface area contributed by atoms with E-state index in [0.717, 1.165) is 12.2 Å². The van der Waals surface area contributed by atoms with E-state index in [-0.39, 0.29) is 13.0 Å². The van der Waals surface area contributed by atoms with Gasteiger partial charge in [-0.05, 0) is 30.7 Å². The molecule has 1 aromatic carbocycles. The fraction of sp³-hybridized carbons (Fsp3) is 0.312. The van der Waals surface area contributed by atoms with Crippen molar-refractivity contribution < 1.29 is 33.3 Å². The van der Waals surface area contributed by atoms with Gasteiger partial charge in [0.1, 0.15) is 11.5 Å². The highest BCUT2D eigenvalue weighted by atomic mass is 16.5. The van der Waals surface area contributed by atoms with Gasteiger partial charge in [-0.2, -0.15) is 0 Å². The normalized spacial score (nSPS) is 10.2. The van der Waals surface area contributed by atoms with Crippen LogP contribution in [0.1, 0.15) is 12.8 Å². The van der Waals surface area contributed by atoms with Gasteiger partial charge in [-0.3, -0.25) is 4.79 Å². The van der Waals surface area contributed by atoms with E-state index in [2.05, 4.69) is 4.74 Å². The Labute approximate surface area is 133 Å². The number of benzene rings is 1. The van der Waals surface area contributed by atoms with Gasteiger partial charge in [0.05, 0.1) is 20.8 Å². The third kappa shape index (κ3) is 7.66. The topological polar surface area (TPSA) is 88.1 Å². The Hall–Kier alpha value is -2.83. The molecule has 1 aromatic rings. The molecule has 0 bridgehead atoms. The monoisotopic (exact) mass is 322 g/mol. The molecule has 0 N–H and O–H groups in total. The average molecular weight is 322 g/mol. The van der Waals surface area contributed by atoms with Crippen molar-refractivity contribution in [3.8, 4) is 11.5 Å². The van der Waals surface area contributed by atoms with Crippen molar-refractivity contribution in [2.75, 3.05) is 20.8 Å². The number of methoxy groups -OCH3 is 2. The molecule has 0 fully saturated rings. The third-order valence-electron chi connectivity index (χ3n) is 2.62. The molecule has 1 rings (SSSR count). The molecule has 0 spiro atoms. The zero-order chi connectivity index (χ0) is 17.1. The second kappa shape index (κ2) is 9.99. The Morgan fingerprint density at radius 2 is 1.57 bits per heavy atom. The lowest BCUT2D eigenvalue weighted by molar-refractivity contribution is -0.140. The molecular formula is C16H18O7. The molecule has 124 valence electrons. The summed E-state index contributed by atoms with van der Waals surface area (Å²) < 4.78 is 19.2. The first kappa shape index (κ1) is 18.2. The molecule has 0 aliphatic rings. The van der Waals surface area contributed by atoms with Gasteiger partial charge < -0.3 is 18.9 Å². The Balaban J connectivity index is 2.22. The second-order valence-corrected chi connectivity index (χ2v) is 4.28. The Kier molecular flexibility index (Phi) is 7.91. The van der Waals surface area contributed by atoms with E-state index in [1.807, 2.05) is 0 Å². The first-order chi connectivity index (χ1) is 11.0. The number of carbonyl (C=O) groups excluding carboxylic acids is 3. The Morgan fingerprint density at radius 3 is 2.17 bits per heavy atom. The number of rotatable bonds is 8. The van der Waals surface area contributed by atoms with E-state index < -0.39 is 17.9 Å². The van der Waals surface area contributed by atoms with E-state index in [1.54, 1.807) is 31.4 Å². The Bertz CT molecular complexity index is 560. The van der Waals surface area contributed by atoms with Gasteiger partial charge in [0, 0.05) is 18.6 Å². The van der Waals surface area contributed by atoms with Crippen molar-refractivity contribution in [3.63, 3.8) is 0 Å². The van der Waals surface area contributed by atoms with Crippen LogP contribution in [0.5, 0.6) is 11.5 Å². The van der Waals surface area contributed by atoms with Gasteiger partial charge in [-0.15, -0.1) is 0 Å². The maximum atomic E-state index is 11.6. The predicted octanol–water partition coefficient (Wildman–Crippen LogP) is 1.65. The molecule has 7 nitrogen and oxygen atoms in total. The molecule has 0 aromatic heterocycles. The fourth-order valence-electron chi connectivity index (χ4n) is 1.47. The summed E-state index contributed by atoms with van der Waals surface area (Å²) >= 11 is 0. The maximum Gasteiger partial charge on any atom is 0.331 e. The average Bonchev–Trinajstić information content (AvgIpc) is 2.57. The van der Waals surface area contributed by atoms with Gasteiger partial charge >= 0.3 is 17.9 Å². The number of ether oxygens (including phenoxy) is 4. The van der Waals surface area contributed by atoms with Crippen LogP contribution in [0, 0.1) is 0 Å². The van der Waals surface area contributed by atoms with Crippen molar-refractivity contribution >= 4 is 17.9 Å². The molecule has 0 aliphatic carbocycles. The van der Waals surface area contributed by atoms with Gasteiger partial charge in [0.15, 0.2) is 0 Å². The molecule has 0 saturated carbocycles. The van der Waals surface area contributed by atoms with Gasteiger partial charge in [-0.25, -0.2) is 9.59 Å². The lowest BCUT2D eigenvalue weighted by Crippen LogP contribution is -2.10. The summed E-state index contributed by atoms with van der Waals surface area (Å²) in [7, 11) is 2.75. The quantitative estimate of drug-likeness (QED) is 0.311. The first-order valence-corrected chi connectivity index (χ1v) is 6.82. The molecule has 0 amide bonds. The summed E-state index contributed by atoms with van der Waals surface area (Å²) in [5, 5.41) is 0. The van der Waals surface area contributed by atoms with E-state index in [1.165, 1.54) is 7.11 Å². The molecule has 0 heterocycles. The zero-order valence-electron chi connectivity index (χ0n) is 12.9. The van der Waals surface area contributed by atoms with Crippen LogP contribution in [0.3, 0.4) is 0 Å². The summed E-state index contributed by atoms with van der Waals surface area (Å²) in [5.41, 5.74) is 0. The van der Waals surface area contributed by atoms with Crippen LogP contribution in [-0.2, 0) is 23.9 Å². The summed E-state index contributed by atoms with van der Waals surface area (Å²) in [5.74, 6) is -0.689. The number of carbonyl (C=O) groups is 3.